The van der Waals surface area contributed by atoms with Crippen LogP contribution in [0.2, 0.25) is 0 Å². The summed E-state index contributed by atoms with van der Waals surface area (Å²) in [6.45, 7) is 6.70. The predicted molar refractivity (Wildman–Crippen MR) is 50.9 cm³/mol. The Balaban J connectivity index is 2.41. The SMILES string of the molecule is C#CCNC1=NCC(C)(C)CN1. The van der Waals surface area contributed by atoms with E-state index in [4.69, 9.17) is 6.42 Å². The number of nitrogens with one attached hydrogen (secondary N) is 2. The molecular weight excluding hydrogens is 150 g/mol. The third-order valence-electron chi connectivity index (χ3n) is 1.76. The Morgan fingerprint density at radius 1 is 1.75 bits per heavy atom. The van der Waals surface area contributed by atoms with Gasteiger partial charge in [0.05, 0.1) is 6.54 Å². The zero-order valence-corrected chi connectivity index (χ0v) is 7.65. The Labute approximate surface area is 73.6 Å². The minimum atomic E-state index is 0.265. The molecule has 0 radical (unpaired) electrons. The fraction of sp³-hybridized carbons (Fsp3) is 0.667. The lowest BCUT2D eigenvalue weighted by atomic mass is 9.93. The van der Waals surface area contributed by atoms with Crippen molar-refractivity contribution in [3.8, 4) is 12.3 Å². The van der Waals surface area contributed by atoms with Crippen LogP contribution in [0, 0.1) is 17.8 Å². The molecule has 0 aliphatic carbocycles. The summed E-state index contributed by atoms with van der Waals surface area (Å²) in [6, 6.07) is 0. The molecule has 0 unspecified atom stereocenters. The van der Waals surface area contributed by atoms with Crippen LogP contribution < -0.4 is 10.6 Å². The van der Waals surface area contributed by atoms with E-state index in [0.717, 1.165) is 19.0 Å². The molecule has 0 atom stereocenters. The number of hydrogen-bond acceptors (Lipinski definition) is 3. The van der Waals surface area contributed by atoms with Gasteiger partial charge in [-0.15, -0.1) is 6.42 Å². The van der Waals surface area contributed by atoms with Crippen LogP contribution in [0.5, 0.6) is 0 Å². The van der Waals surface area contributed by atoms with E-state index in [1.54, 1.807) is 0 Å². The van der Waals surface area contributed by atoms with E-state index in [1.807, 2.05) is 0 Å². The maximum Gasteiger partial charge on any atom is 0.192 e. The van der Waals surface area contributed by atoms with Crippen LogP contribution in [-0.2, 0) is 0 Å². The van der Waals surface area contributed by atoms with E-state index < -0.39 is 0 Å². The predicted octanol–water partition coefficient (Wildman–Crippen LogP) is 0.195. The second-order valence-corrected chi connectivity index (χ2v) is 3.74. The molecule has 12 heavy (non-hydrogen) atoms. The molecule has 0 aromatic heterocycles. The Hall–Kier alpha value is -1.17. The highest BCUT2D eigenvalue weighted by atomic mass is 15.2. The van der Waals surface area contributed by atoms with Crippen molar-refractivity contribution >= 4 is 5.96 Å². The van der Waals surface area contributed by atoms with Gasteiger partial charge in [-0.1, -0.05) is 19.8 Å². The summed E-state index contributed by atoms with van der Waals surface area (Å²) in [5, 5.41) is 6.20. The molecule has 3 heteroatoms. The van der Waals surface area contributed by atoms with Gasteiger partial charge < -0.3 is 10.6 Å². The summed E-state index contributed by atoms with van der Waals surface area (Å²) >= 11 is 0. The summed E-state index contributed by atoms with van der Waals surface area (Å²) in [4.78, 5) is 4.32. The third-order valence-corrected chi connectivity index (χ3v) is 1.76. The van der Waals surface area contributed by atoms with Crippen molar-refractivity contribution < 1.29 is 0 Å². The average Bonchev–Trinajstić information content (AvgIpc) is 2.03. The van der Waals surface area contributed by atoms with Crippen molar-refractivity contribution in [1.29, 1.82) is 0 Å². The van der Waals surface area contributed by atoms with E-state index in [9.17, 15) is 0 Å². The number of aliphatic imine (C=N–C) groups is 1. The van der Waals surface area contributed by atoms with Crippen LogP contribution in [0.1, 0.15) is 13.8 Å². The highest BCUT2D eigenvalue weighted by Crippen LogP contribution is 2.15. The van der Waals surface area contributed by atoms with E-state index in [-0.39, 0.29) is 5.41 Å². The van der Waals surface area contributed by atoms with E-state index in [2.05, 4.69) is 35.4 Å². The van der Waals surface area contributed by atoms with Crippen molar-refractivity contribution in [2.24, 2.45) is 10.4 Å². The van der Waals surface area contributed by atoms with Crippen molar-refractivity contribution in [1.82, 2.24) is 10.6 Å². The van der Waals surface area contributed by atoms with Gasteiger partial charge >= 0.3 is 0 Å². The smallest absolute Gasteiger partial charge is 0.192 e. The maximum absolute atomic E-state index is 5.10. The van der Waals surface area contributed by atoms with Gasteiger partial charge in [0.15, 0.2) is 5.96 Å². The molecular formula is C9H15N3. The van der Waals surface area contributed by atoms with Crippen LogP contribution >= 0.6 is 0 Å². The minimum absolute atomic E-state index is 0.265. The van der Waals surface area contributed by atoms with Crippen LogP contribution in [0.3, 0.4) is 0 Å². The molecule has 66 valence electrons. The molecule has 0 aromatic rings. The monoisotopic (exact) mass is 165 g/mol. The molecule has 0 saturated heterocycles. The van der Waals surface area contributed by atoms with Gasteiger partial charge in [0.1, 0.15) is 0 Å². The Bertz CT molecular complexity index is 222. The Morgan fingerprint density at radius 3 is 3.00 bits per heavy atom. The summed E-state index contributed by atoms with van der Waals surface area (Å²) in [5.74, 6) is 3.33. The molecule has 0 bridgehead atoms. The van der Waals surface area contributed by atoms with Crippen LogP contribution in [0.15, 0.2) is 4.99 Å². The number of terminal acetylenes is 1. The van der Waals surface area contributed by atoms with Crippen molar-refractivity contribution in [3.63, 3.8) is 0 Å². The summed E-state index contributed by atoms with van der Waals surface area (Å²) in [6.07, 6.45) is 5.10. The van der Waals surface area contributed by atoms with Crippen LogP contribution in [0.25, 0.3) is 0 Å². The lowest BCUT2D eigenvalue weighted by molar-refractivity contribution is 0.359. The minimum Gasteiger partial charge on any atom is -0.356 e. The number of rotatable bonds is 1. The molecule has 1 heterocycles. The molecule has 1 aliphatic heterocycles. The van der Waals surface area contributed by atoms with E-state index >= 15 is 0 Å². The molecule has 3 nitrogen and oxygen atoms in total. The highest BCUT2D eigenvalue weighted by Gasteiger charge is 2.21. The molecule has 2 N–H and O–H groups in total. The van der Waals surface area contributed by atoms with Gasteiger partial charge in [-0.25, -0.2) is 0 Å². The Kier molecular flexibility index (Phi) is 2.59. The zero-order chi connectivity index (χ0) is 9.03. The number of guanidine groups is 1. The zero-order valence-electron chi connectivity index (χ0n) is 7.65. The first-order valence-corrected chi connectivity index (χ1v) is 4.10. The second kappa shape index (κ2) is 3.48. The first-order chi connectivity index (χ1) is 5.64. The fourth-order valence-electron chi connectivity index (χ4n) is 0.981. The number of hydrogen-bond donors (Lipinski definition) is 2. The average molecular weight is 165 g/mol. The molecule has 0 amide bonds. The first kappa shape index (κ1) is 8.92. The largest absolute Gasteiger partial charge is 0.356 e. The van der Waals surface area contributed by atoms with Crippen molar-refractivity contribution in [2.45, 2.75) is 13.8 Å². The van der Waals surface area contributed by atoms with Crippen LogP contribution in [0.4, 0.5) is 0 Å². The van der Waals surface area contributed by atoms with Gasteiger partial charge in [-0.2, -0.15) is 0 Å². The Morgan fingerprint density at radius 2 is 2.50 bits per heavy atom. The number of nitrogens with zero attached hydrogens (tertiary/aromatic N) is 1. The quantitative estimate of drug-likeness (QED) is 0.544. The first-order valence-electron chi connectivity index (χ1n) is 4.10. The van der Waals surface area contributed by atoms with Crippen molar-refractivity contribution in [2.75, 3.05) is 19.6 Å². The molecule has 0 spiro atoms. The standard InChI is InChI=1S/C9H15N3/c1-4-5-10-8-11-6-9(2,3)7-12-8/h1H,5-7H2,2-3H3,(H2,10,11,12). The summed E-state index contributed by atoms with van der Waals surface area (Å²) < 4.78 is 0. The molecule has 1 rings (SSSR count). The fourth-order valence-corrected chi connectivity index (χ4v) is 0.981. The molecule has 0 aromatic carbocycles. The van der Waals surface area contributed by atoms with E-state index in [1.165, 1.54) is 0 Å². The van der Waals surface area contributed by atoms with Crippen molar-refractivity contribution in [3.05, 3.63) is 0 Å². The highest BCUT2D eigenvalue weighted by molar-refractivity contribution is 5.80. The van der Waals surface area contributed by atoms with Gasteiger partial charge in [0.2, 0.25) is 0 Å². The lowest BCUT2D eigenvalue weighted by Crippen LogP contribution is -2.47. The van der Waals surface area contributed by atoms with Gasteiger partial charge in [0.25, 0.3) is 0 Å². The summed E-state index contributed by atoms with van der Waals surface area (Å²) in [7, 11) is 0. The topological polar surface area (TPSA) is 36.4 Å². The van der Waals surface area contributed by atoms with Crippen LogP contribution in [-0.4, -0.2) is 25.6 Å². The second-order valence-electron chi connectivity index (χ2n) is 3.74. The third kappa shape index (κ3) is 2.46. The maximum atomic E-state index is 5.10. The summed E-state index contributed by atoms with van der Waals surface area (Å²) in [5.41, 5.74) is 0.265. The molecule has 0 fully saturated rings. The van der Waals surface area contributed by atoms with Gasteiger partial charge in [-0.05, 0) is 0 Å². The normalized spacial score (nSPS) is 20.2. The van der Waals surface area contributed by atoms with Gasteiger partial charge in [0, 0.05) is 18.5 Å². The molecule has 0 saturated carbocycles. The van der Waals surface area contributed by atoms with Gasteiger partial charge in [-0.3, -0.25) is 4.99 Å². The molecule has 1 aliphatic rings. The lowest BCUT2D eigenvalue weighted by Gasteiger charge is -2.28. The van der Waals surface area contributed by atoms with E-state index in [0.29, 0.717) is 6.54 Å².